The second-order valence-electron chi connectivity index (χ2n) is 5.40. The largest absolute Gasteiger partial charge is 0.326 e. The molecule has 1 aliphatic heterocycles. The topological polar surface area (TPSA) is 32.3 Å². The molecule has 1 saturated carbocycles. The van der Waals surface area contributed by atoms with Crippen molar-refractivity contribution in [2.24, 2.45) is 5.92 Å². The Morgan fingerprint density at radius 1 is 1.31 bits per heavy atom. The highest BCUT2D eigenvalue weighted by molar-refractivity contribution is 5.83. The zero-order valence-corrected chi connectivity index (χ0v) is 10.5. The Labute approximate surface area is 98.6 Å². The third kappa shape index (κ3) is 2.40. The van der Waals surface area contributed by atoms with Crippen molar-refractivity contribution in [3.63, 3.8) is 0 Å². The molecule has 0 aromatic heterocycles. The van der Waals surface area contributed by atoms with Crippen LogP contribution in [-0.4, -0.2) is 29.6 Å². The van der Waals surface area contributed by atoms with Crippen LogP contribution in [0.15, 0.2) is 0 Å². The fourth-order valence-corrected chi connectivity index (χ4v) is 2.98. The molecule has 1 amide bonds. The molecular formula is C13H24N2O. The molecule has 0 aromatic carbocycles. The minimum absolute atomic E-state index is 0.0840. The number of nitrogens with zero attached hydrogens (tertiary/aromatic N) is 1. The van der Waals surface area contributed by atoms with E-state index in [1.165, 1.54) is 32.1 Å². The summed E-state index contributed by atoms with van der Waals surface area (Å²) in [6.45, 7) is 5.19. The molecule has 0 bridgehead atoms. The minimum atomic E-state index is 0.0840. The van der Waals surface area contributed by atoms with Gasteiger partial charge >= 0.3 is 0 Å². The number of nitrogens with one attached hydrogen (secondary N) is 1. The zero-order valence-electron chi connectivity index (χ0n) is 10.5. The fourth-order valence-electron chi connectivity index (χ4n) is 2.98. The predicted molar refractivity (Wildman–Crippen MR) is 65.0 cm³/mol. The Morgan fingerprint density at radius 3 is 2.81 bits per heavy atom. The van der Waals surface area contributed by atoms with Gasteiger partial charge in [0.05, 0.1) is 12.7 Å². The number of carbonyl (C=O) groups excluding carboxylic acids is 1. The molecule has 3 nitrogen and oxygen atoms in total. The first-order valence-electron chi connectivity index (χ1n) is 6.76. The van der Waals surface area contributed by atoms with Crippen LogP contribution >= 0.6 is 0 Å². The maximum absolute atomic E-state index is 12.1. The molecule has 2 aliphatic rings. The van der Waals surface area contributed by atoms with Gasteiger partial charge in [0.1, 0.15) is 0 Å². The number of hydrogen-bond donors (Lipinski definition) is 1. The summed E-state index contributed by atoms with van der Waals surface area (Å²) < 4.78 is 0. The predicted octanol–water partition coefficient (Wildman–Crippen LogP) is 2.12. The number of amides is 1. The summed E-state index contributed by atoms with van der Waals surface area (Å²) in [6.07, 6.45) is 7.22. The molecule has 0 aromatic rings. The van der Waals surface area contributed by atoms with Gasteiger partial charge in [0.15, 0.2) is 0 Å². The number of carbonyl (C=O) groups is 1. The monoisotopic (exact) mass is 224 g/mol. The summed E-state index contributed by atoms with van der Waals surface area (Å²) >= 11 is 0. The van der Waals surface area contributed by atoms with E-state index in [-0.39, 0.29) is 6.04 Å². The van der Waals surface area contributed by atoms with E-state index in [1.807, 2.05) is 0 Å². The Bertz CT molecular complexity index is 254. The first-order valence-corrected chi connectivity index (χ1v) is 6.76. The summed E-state index contributed by atoms with van der Waals surface area (Å²) in [5.41, 5.74) is 0. The quantitative estimate of drug-likeness (QED) is 0.729. The van der Waals surface area contributed by atoms with Crippen molar-refractivity contribution in [1.29, 1.82) is 0 Å². The molecule has 2 fully saturated rings. The third-order valence-electron chi connectivity index (χ3n) is 4.17. The number of rotatable bonds is 2. The summed E-state index contributed by atoms with van der Waals surface area (Å²) in [7, 11) is 0. The van der Waals surface area contributed by atoms with Crippen LogP contribution in [-0.2, 0) is 4.79 Å². The summed E-state index contributed by atoms with van der Waals surface area (Å²) in [4.78, 5) is 14.2. The normalized spacial score (nSPS) is 36.5. The first-order chi connectivity index (χ1) is 7.72. The second-order valence-corrected chi connectivity index (χ2v) is 5.40. The lowest BCUT2D eigenvalue weighted by Gasteiger charge is -2.26. The van der Waals surface area contributed by atoms with Crippen LogP contribution in [0.1, 0.15) is 52.4 Å². The molecule has 1 heterocycles. The first kappa shape index (κ1) is 11.9. The van der Waals surface area contributed by atoms with E-state index >= 15 is 0 Å². The fraction of sp³-hybridized carbons (Fsp3) is 0.923. The maximum Gasteiger partial charge on any atom is 0.241 e. The highest BCUT2D eigenvalue weighted by Crippen LogP contribution is 2.27. The minimum Gasteiger partial charge on any atom is -0.326 e. The van der Waals surface area contributed by atoms with Gasteiger partial charge in [0.25, 0.3) is 0 Å². The second kappa shape index (κ2) is 5.17. The van der Waals surface area contributed by atoms with Crippen molar-refractivity contribution in [2.75, 3.05) is 6.67 Å². The SMILES string of the molecule is CCC1NCN(C2CCCC(C)CC2)C1=O. The van der Waals surface area contributed by atoms with Crippen LogP contribution in [0.25, 0.3) is 0 Å². The zero-order chi connectivity index (χ0) is 11.5. The van der Waals surface area contributed by atoms with Gasteiger partial charge in [0, 0.05) is 6.04 Å². The van der Waals surface area contributed by atoms with Crippen LogP contribution in [0, 0.1) is 5.92 Å². The maximum atomic E-state index is 12.1. The average Bonchev–Trinajstić information content (AvgIpc) is 2.50. The molecule has 92 valence electrons. The van der Waals surface area contributed by atoms with Gasteiger partial charge in [-0.1, -0.05) is 26.7 Å². The molecule has 0 radical (unpaired) electrons. The van der Waals surface area contributed by atoms with Crippen molar-refractivity contribution in [3.05, 3.63) is 0 Å². The molecular weight excluding hydrogens is 200 g/mol. The van der Waals surface area contributed by atoms with E-state index in [4.69, 9.17) is 0 Å². The molecule has 2 rings (SSSR count). The van der Waals surface area contributed by atoms with Gasteiger partial charge in [-0.2, -0.15) is 0 Å². The number of hydrogen-bond acceptors (Lipinski definition) is 2. The molecule has 16 heavy (non-hydrogen) atoms. The van der Waals surface area contributed by atoms with Crippen molar-refractivity contribution < 1.29 is 4.79 Å². The van der Waals surface area contributed by atoms with E-state index in [9.17, 15) is 4.79 Å². The Balaban J connectivity index is 1.94. The van der Waals surface area contributed by atoms with E-state index in [2.05, 4.69) is 24.1 Å². The van der Waals surface area contributed by atoms with Crippen LogP contribution in [0.5, 0.6) is 0 Å². The van der Waals surface area contributed by atoms with Gasteiger partial charge in [-0.05, 0) is 31.6 Å². The molecule has 0 spiro atoms. The van der Waals surface area contributed by atoms with Gasteiger partial charge in [-0.25, -0.2) is 0 Å². The van der Waals surface area contributed by atoms with Gasteiger partial charge in [-0.15, -0.1) is 0 Å². The average molecular weight is 224 g/mol. The lowest BCUT2D eigenvalue weighted by molar-refractivity contribution is -0.131. The van der Waals surface area contributed by atoms with Crippen molar-refractivity contribution in [1.82, 2.24) is 10.2 Å². The van der Waals surface area contributed by atoms with Crippen molar-refractivity contribution >= 4 is 5.91 Å². The van der Waals surface area contributed by atoms with Crippen LogP contribution in [0.3, 0.4) is 0 Å². The Morgan fingerprint density at radius 2 is 2.12 bits per heavy atom. The van der Waals surface area contributed by atoms with Gasteiger partial charge in [-0.3, -0.25) is 10.1 Å². The van der Waals surface area contributed by atoms with Crippen LogP contribution in [0.2, 0.25) is 0 Å². The van der Waals surface area contributed by atoms with E-state index < -0.39 is 0 Å². The summed E-state index contributed by atoms with van der Waals surface area (Å²) in [5.74, 6) is 1.18. The van der Waals surface area contributed by atoms with E-state index in [1.54, 1.807) is 0 Å². The van der Waals surface area contributed by atoms with Crippen molar-refractivity contribution in [2.45, 2.75) is 64.5 Å². The third-order valence-corrected chi connectivity index (χ3v) is 4.17. The standard InChI is InChI=1S/C13H24N2O/c1-3-12-13(16)15(9-14-12)11-6-4-5-10(2)7-8-11/h10-12,14H,3-9H2,1-2H3. The lowest BCUT2D eigenvalue weighted by Crippen LogP contribution is -2.38. The van der Waals surface area contributed by atoms with Crippen LogP contribution < -0.4 is 5.32 Å². The smallest absolute Gasteiger partial charge is 0.241 e. The molecule has 3 heteroatoms. The van der Waals surface area contributed by atoms with Crippen molar-refractivity contribution in [3.8, 4) is 0 Å². The summed E-state index contributed by atoms with van der Waals surface area (Å²) in [6, 6.07) is 0.585. The molecule has 3 atom stereocenters. The molecule has 1 N–H and O–H groups in total. The highest BCUT2D eigenvalue weighted by Gasteiger charge is 2.34. The lowest BCUT2D eigenvalue weighted by atomic mass is 10.0. The molecule has 3 unspecified atom stereocenters. The van der Waals surface area contributed by atoms with Gasteiger partial charge < -0.3 is 4.90 Å². The van der Waals surface area contributed by atoms with E-state index in [0.717, 1.165) is 19.0 Å². The van der Waals surface area contributed by atoms with Crippen LogP contribution in [0.4, 0.5) is 0 Å². The highest BCUT2D eigenvalue weighted by atomic mass is 16.2. The van der Waals surface area contributed by atoms with E-state index in [0.29, 0.717) is 11.9 Å². The molecule has 1 aliphatic carbocycles. The molecule has 1 saturated heterocycles. The van der Waals surface area contributed by atoms with Gasteiger partial charge in [0.2, 0.25) is 5.91 Å². The Hall–Kier alpha value is -0.570. The Kier molecular flexibility index (Phi) is 3.85. The summed E-state index contributed by atoms with van der Waals surface area (Å²) in [5, 5.41) is 3.31.